The number of carbonyl (C=O) groups excluding carboxylic acids is 1. The summed E-state index contributed by atoms with van der Waals surface area (Å²) in [6, 6.07) is 10.4. The maximum Gasteiger partial charge on any atom is 0.335 e. The Morgan fingerprint density at radius 2 is 1.55 bits per heavy atom. The smallest absolute Gasteiger partial charge is 0.335 e. The predicted octanol–water partition coefficient (Wildman–Crippen LogP) is 3.94. The lowest BCUT2D eigenvalue weighted by molar-refractivity contribution is 0.0696. The largest absolute Gasteiger partial charge is 0.478 e. The molecule has 0 spiro atoms. The van der Waals surface area contributed by atoms with Gasteiger partial charge in [0, 0.05) is 10.6 Å². The second-order valence-electron chi connectivity index (χ2n) is 3.96. The molecular formula is C14H9Cl2NO3. The van der Waals surface area contributed by atoms with Gasteiger partial charge in [0.2, 0.25) is 0 Å². The van der Waals surface area contributed by atoms with Crippen LogP contribution in [0.4, 0.5) is 5.69 Å². The quantitative estimate of drug-likeness (QED) is 0.902. The van der Waals surface area contributed by atoms with Crippen molar-refractivity contribution in [2.45, 2.75) is 0 Å². The van der Waals surface area contributed by atoms with Crippen LogP contribution in [0.25, 0.3) is 0 Å². The number of halogens is 2. The lowest BCUT2D eigenvalue weighted by Crippen LogP contribution is -2.12. The second-order valence-corrected chi connectivity index (χ2v) is 4.80. The van der Waals surface area contributed by atoms with Crippen LogP contribution in [0.2, 0.25) is 10.0 Å². The number of hydrogen-bond donors (Lipinski definition) is 2. The van der Waals surface area contributed by atoms with Gasteiger partial charge in [-0.1, -0.05) is 23.2 Å². The topological polar surface area (TPSA) is 66.4 Å². The van der Waals surface area contributed by atoms with Crippen molar-refractivity contribution in [1.29, 1.82) is 0 Å². The molecule has 20 heavy (non-hydrogen) atoms. The van der Waals surface area contributed by atoms with Crippen molar-refractivity contribution in [3.63, 3.8) is 0 Å². The lowest BCUT2D eigenvalue weighted by atomic mass is 10.1. The van der Waals surface area contributed by atoms with E-state index in [4.69, 9.17) is 28.3 Å². The Kier molecular flexibility index (Phi) is 4.27. The van der Waals surface area contributed by atoms with Gasteiger partial charge >= 0.3 is 5.97 Å². The van der Waals surface area contributed by atoms with Gasteiger partial charge in [-0.05, 0) is 42.5 Å². The number of hydrogen-bond acceptors (Lipinski definition) is 2. The summed E-state index contributed by atoms with van der Waals surface area (Å²) in [6.07, 6.45) is 0. The molecule has 0 aromatic heterocycles. The third kappa shape index (κ3) is 3.29. The molecule has 1 amide bonds. The Labute approximate surface area is 124 Å². The minimum absolute atomic E-state index is 0.0424. The number of anilines is 1. The van der Waals surface area contributed by atoms with Crippen LogP contribution in [0.5, 0.6) is 0 Å². The molecule has 0 atom stereocenters. The van der Waals surface area contributed by atoms with Crippen molar-refractivity contribution in [1.82, 2.24) is 0 Å². The van der Waals surface area contributed by atoms with Gasteiger partial charge < -0.3 is 10.4 Å². The van der Waals surface area contributed by atoms with Crippen LogP contribution in [-0.4, -0.2) is 17.0 Å². The number of amides is 1. The Morgan fingerprint density at radius 1 is 0.950 bits per heavy atom. The number of rotatable bonds is 3. The van der Waals surface area contributed by atoms with E-state index in [2.05, 4.69) is 5.32 Å². The first kappa shape index (κ1) is 14.4. The van der Waals surface area contributed by atoms with Crippen LogP contribution >= 0.6 is 23.2 Å². The standard InChI is InChI=1S/C14H9Cl2NO3/c15-10-4-1-8(2-5-10)13(18)17-12-7-9(14(19)20)3-6-11(12)16/h1-7H,(H,17,18)(H,19,20). The minimum Gasteiger partial charge on any atom is -0.478 e. The average molecular weight is 310 g/mol. The van der Waals surface area contributed by atoms with Gasteiger partial charge in [-0.2, -0.15) is 0 Å². The molecule has 2 rings (SSSR count). The zero-order valence-electron chi connectivity index (χ0n) is 10.1. The van der Waals surface area contributed by atoms with E-state index >= 15 is 0 Å². The van der Waals surface area contributed by atoms with E-state index in [1.165, 1.54) is 18.2 Å². The molecule has 0 aliphatic heterocycles. The van der Waals surface area contributed by atoms with Crippen LogP contribution in [0.1, 0.15) is 20.7 Å². The molecule has 0 bridgehead atoms. The second kappa shape index (κ2) is 5.94. The van der Waals surface area contributed by atoms with E-state index < -0.39 is 11.9 Å². The lowest BCUT2D eigenvalue weighted by Gasteiger charge is -2.08. The molecule has 2 N–H and O–H groups in total. The van der Waals surface area contributed by atoms with Gasteiger partial charge in [-0.15, -0.1) is 0 Å². The van der Waals surface area contributed by atoms with Crippen LogP contribution < -0.4 is 5.32 Å². The monoisotopic (exact) mass is 309 g/mol. The number of benzene rings is 2. The zero-order chi connectivity index (χ0) is 14.7. The summed E-state index contributed by atoms with van der Waals surface area (Å²) in [5.41, 5.74) is 0.679. The Bertz CT molecular complexity index is 669. The molecule has 2 aromatic carbocycles. The first-order valence-electron chi connectivity index (χ1n) is 5.57. The third-order valence-electron chi connectivity index (χ3n) is 2.57. The first-order valence-corrected chi connectivity index (χ1v) is 6.33. The van der Waals surface area contributed by atoms with Crippen molar-refractivity contribution >= 4 is 40.8 Å². The van der Waals surface area contributed by atoms with E-state index in [0.717, 1.165) is 0 Å². The molecule has 0 heterocycles. The highest BCUT2D eigenvalue weighted by atomic mass is 35.5. The van der Waals surface area contributed by atoms with Crippen LogP contribution in [-0.2, 0) is 0 Å². The van der Waals surface area contributed by atoms with Crippen molar-refractivity contribution < 1.29 is 14.7 Å². The van der Waals surface area contributed by atoms with Gasteiger partial charge in [-0.25, -0.2) is 4.79 Å². The van der Waals surface area contributed by atoms with Crippen molar-refractivity contribution in [2.75, 3.05) is 5.32 Å². The molecule has 0 saturated heterocycles. The zero-order valence-corrected chi connectivity index (χ0v) is 11.6. The fourth-order valence-electron chi connectivity index (χ4n) is 1.55. The van der Waals surface area contributed by atoms with E-state index in [0.29, 0.717) is 10.6 Å². The third-order valence-corrected chi connectivity index (χ3v) is 3.15. The summed E-state index contributed by atoms with van der Waals surface area (Å²) >= 11 is 11.7. The Balaban J connectivity index is 2.25. The highest BCUT2D eigenvalue weighted by Crippen LogP contribution is 2.24. The number of aromatic carboxylic acids is 1. The van der Waals surface area contributed by atoms with E-state index in [1.807, 2.05) is 0 Å². The van der Waals surface area contributed by atoms with Gasteiger partial charge in [-0.3, -0.25) is 4.79 Å². The summed E-state index contributed by atoms with van der Waals surface area (Å²) in [6.45, 7) is 0. The molecule has 0 aliphatic rings. The SMILES string of the molecule is O=C(O)c1ccc(Cl)c(NC(=O)c2ccc(Cl)cc2)c1. The number of carbonyl (C=O) groups is 2. The number of carboxylic acid groups (broad SMARTS) is 1. The van der Waals surface area contributed by atoms with Crippen molar-refractivity contribution in [3.05, 3.63) is 63.6 Å². The number of carboxylic acids is 1. The van der Waals surface area contributed by atoms with Crippen molar-refractivity contribution in [3.8, 4) is 0 Å². The molecule has 0 fully saturated rings. The van der Waals surface area contributed by atoms with Crippen LogP contribution in [0, 0.1) is 0 Å². The summed E-state index contributed by atoms with van der Waals surface area (Å²) in [5, 5.41) is 12.3. The summed E-state index contributed by atoms with van der Waals surface area (Å²) in [5.74, 6) is -1.49. The van der Waals surface area contributed by atoms with E-state index in [-0.39, 0.29) is 16.3 Å². The molecule has 4 nitrogen and oxygen atoms in total. The number of nitrogens with one attached hydrogen (secondary N) is 1. The molecule has 0 aliphatic carbocycles. The van der Waals surface area contributed by atoms with Crippen LogP contribution in [0.3, 0.4) is 0 Å². The summed E-state index contributed by atoms with van der Waals surface area (Å²) in [4.78, 5) is 22.9. The first-order chi connectivity index (χ1) is 9.47. The van der Waals surface area contributed by atoms with Crippen LogP contribution in [0.15, 0.2) is 42.5 Å². The Morgan fingerprint density at radius 3 is 2.15 bits per heavy atom. The minimum atomic E-state index is -1.09. The summed E-state index contributed by atoms with van der Waals surface area (Å²) < 4.78 is 0. The molecule has 0 unspecified atom stereocenters. The highest BCUT2D eigenvalue weighted by molar-refractivity contribution is 6.34. The van der Waals surface area contributed by atoms with Gasteiger partial charge in [0.05, 0.1) is 16.3 Å². The van der Waals surface area contributed by atoms with Gasteiger partial charge in [0.25, 0.3) is 5.91 Å². The Hall–Kier alpha value is -2.04. The van der Waals surface area contributed by atoms with Gasteiger partial charge in [0.1, 0.15) is 0 Å². The van der Waals surface area contributed by atoms with E-state index in [9.17, 15) is 9.59 Å². The molecular weight excluding hydrogens is 301 g/mol. The molecule has 6 heteroatoms. The summed E-state index contributed by atoms with van der Waals surface area (Å²) in [7, 11) is 0. The molecule has 0 radical (unpaired) electrons. The maximum absolute atomic E-state index is 12.0. The molecule has 102 valence electrons. The fraction of sp³-hybridized carbons (Fsp3) is 0. The fourth-order valence-corrected chi connectivity index (χ4v) is 1.84. The molecule has 0 saturated carbocycles. The van der Waals surface area contributed by atoms with Crippen molar-refractivity contribution in [2.24, 2.45) is 0 Å². The highest BCUT2D eigenvalue weighted by Gasteiger charge is 2.11. The van der Waals surface area contributed by atoms with Gasteiger partial charge in [0.15, 0.2) is 0 Å². The normalized spacial score (nSPS) is 10.1. The predicted molar refractivity (Wildman–Crippen MR) is 77.8 cm³/mol. The maximum atomic E-state index is 12.0. The molecule has 2 aromatic rings. The van der Waals surface area contributed by atoms with E-state index in [1.54, 1.807) is 24.3 Å². The average Bonchev–Trinajstić information content (AvgIpc) is 2.41.